The van der Waals surface area contributed by atoms with Gasteiger partial charge in [-0.05, 0) is 60.3 Å². The zero-order valence-corrected chi connectivity index (χ0v) is 14.6. The number of phenols is 1. The third kappa shape index (κ3) is 2.40. The topological polar surface area (TPSA) is 83.8 Å². The lowest BCUT2D eigenvalue weighted by atomic mass is 9.54. The summed E-state index contributed by atoms with van der Waals surface area (Å²) < 4.78 is 5.39. The van der Waals surface area contributed by atoms with E-state index in [1.807, 2.05) is 13.0 Å². The Morgan fingerprint density at radius 1 is 1.32 bits per heavy atom. The van der Waals surface area contributed by atoms with E-state index in [0.717, 1.165) is 18.4 Å². The van der Waals surface area contributed by atoms with E-state index in [9.17, 15) is 19.8 Å². The molecule has 5 heteroatoms. The standard InChI is InChI=1S/C20H24O5/c1-10(21)25-19-17(24)9-15-18-14(5-6-20(15,19)2)13-4-3-12(22)7-11(13)8-16(18)23/h3-4,7,14-16,18-19,22-23H,5-6,8-9H2,1-2H3/t14?,15?,16-,18?,19-,20-/m0/s1. The number of esters is 1. The maximum atomic E-state index is 12.6. The minimum absolute atomic E-state index is 0.0136. The average Bonchev–Trinajstić information content (AvgIpc) is 2.78. The highest BCUT2D eigenvalue weighted by Crippen LogP contribution is 2.60. The molecular formula is C20H24O5. The van der Waals surface area contributed by atoms with Crippen molar-refractivity contribution in [1.82, 2.24) is 0 Å². The first kappa shape index (κ1) is 16.6. The second kappa shape index (κ2) is 5.56. The molecule has 25 heavy (non-hydrogen) atoms. The maximum Gasteiger partial charge on any atom is 0.303 e. The van der Waals surface area contributed by atoms with Crippen molar-refractivity contribution in [3.8, 4) is 5.75 Å². The number of ketones is 1. The van der Waals surface area contributed by atoms with Crippen molar-refractivity contribution in [3.63, 3.8) is 0 Å². The number of aliphatic hydroxyl groups is 1. The van der Waals surface area contributed by atoms with E-state index in [4.69, 9.17) is 4.74 Å². The number of carbonyl (C=O) groups is 2. The Hall–Kier alpha value is -1.88. The van der Waals surface area contributed by atoms with Gasteiger partial charge in [-0.25, -0.2) is 0 Å². The first-order valence-corrected chi connectivity index (χ1v) is 9.01. The molecule has 134 valence electrons. The predicted molar refractivity (Wildman–Crippen MR) is 90.1 cm³/mol. The second-order valence-corrected chi connectivity index (χ2v) is 8.15. The minimum atomic E-state index is -0.690. The monoisotopic (exact) mass is 344 g/mol. The molecule has 5 nitrogen and oxygen atoms in total. The molecule has 0 saturated heterocycles. The summed E-state index contributed by atoms with van der Waals surface area (Å²) in [5, 5.41) is 20.6. The fourth-order valence-electron chi connectivity index (χ4n) is 5.71. The highest BCUT2D eigenvalue weighted by Gasteiger charge is 2.61. The lowest BCUT2D eigenvalue weighted by Gasteiger charge is -2.51. The summed E-state index contributed by atoms with van der Waals surface area (Å²) in [6.45, 7) is 3.37. The van der Waals surface area contributed by atoms with Crippen LogP contribution in [0.5, 0.6) is 5.75 Å². The molecule has 0 aromatic heterocycles. The van der Waals surface area contributed by atoms with E-state index in [2.05, 4.69) is 0 Å². The number of carbonyl (C=O) groups excluding carboxylic acids is 2. The van der Waals surface area contributed by atoms with Gasteiger partial charge in [0.2, 0.25) is 0 Å². The Kier molecular flexibility index (Phi) is 3.69. The number of Topliss-reactive ketones (excluding diaryl/α,β-unsaturated/α-hetero) is 1. The molecule has 6 atom stereocenters. The number of benzene rings is 1. The first-order chi connectivity index (χ1) is 11.8. The van der Waals surface area contributed by atoms with Crippen LogP contribution >= 0.6 is 0 Å². The van der Waals surface area contributed by atoms with Crippen molar-refractivity contribution in [2.75, 3.05) is 0 Å². The summed E-state index contributed by atoms with van der Waals surface area (Å²) in [4.78, 5) is 24.0. The molecule has 1 aromatic carbocycles. The van der Waals surface area contributed by atoms with Crippen molar-refractivity contribution in [2.24, 2.45) is 17.3 Å². The Balaban J connectivity index is 1.72. The van der Waals surface area contributed by atoms with Gasteiger partial charge in [0, 0.05) is 18.8 Å². The fraction of sp³-hybridized carbons (Fsp3) is 0.600. The molecular weight excluding hydrogens is 320 g/mol. The molecule has 0 heterocycles. The van der Waals surface area contributed by atoms with Crippen LogP contribution in [0.4, 0.5) is 0 Å². The molecule has 0 spiro atoms. The first-order valence-electron chi connectivity index (χ1n) is 9.01. The van der Waals surface area contributed by atoms with Crippen molar-refractivity contribution in [2.45, 2.75) is 57.7 Å². The molecule has 2 N–H and O–H groups in total. The third-order valence-electron chi connectivity index (χ3n) is 6.77. The Bertz CT molecular complexity index is 742. The van der Waals surface area contributed by atoms with E-state index in [0.29, 0.717) is 12.8 Å². The number of ether oxygens (including phenoxy) is 1. The Labute approximate surface area is 147 Å². The summed E-state index contributed by atoms with van der Waals surface area (Å²) in [6.07, 6.45) is 1.24. The molecule has 0 aliphatic heterocycles. The van der Waals surface area contributed by atoms with Gasteiger partial charge in [0.1, 0.15) is 5.75 Å². The van der Waals surface area contributed by atoms with Crippen LogP contribution in [0.3, 0.4) is 0 Å². The highest BCUT2D eigenvalue weighted by molar-refractivity contribution is 5.89. The Morgan fingerprint density at radius 2 is 2.08 bits per heavy atom. The van der Waals surface area contributed by atoms with Crippen molar-refractivity contribution in [3.05, 3.63) is 29.3 Å². The molecule has 4 rings (SSSR count). The number of rotatable bonds is 1. The van der Waals surface area contributed by atoms with E-state index in [1.165, 1.54) is 12.5 Å². The third-order valence-corrected chi connectivity index (χ3v) is 6.77. The fourth-order valence-corrected chi connectivity index (χ4v) is 5.71. The van der Waals surface area contributed by atoms with E-state index < -0.39 is 23.6 Å². The van der Waals surface area contributed by atoms with Crippen LogP contribution in [0.15, 0.2) is 18.2 Å². The number of aliphatic hydroxyl groups excluding tert-OH is 1. The van der Waals surface area contributed by atoms with Crippen LogP contribution in [0.1, 0.15) is 50.2 Å². The van der Waals surface area contributed by atoms with Gasteiger partial charge in [0.25, 0.3) is 0 Å². The van der Waals surface area contributed by atoms with Crippen LogP contribution in [0.2, 0.25) is 0 Å². The van der Waals surface area contributed by atoms with Crippen LogP contribution in [-0.4, -0.2) is 34.2 Å². The van der Waals surface area contributed by atoms with Gasteiger partial charge in [0.05, 0.1) is 6.10 Å². The summed E-state index contributed by atoms with van der Waals surface area (Å²) in [5.74, 6) is -0.0444. The van der Waals surface area contributed by atoms with Crippen LogP contribution in [0, 0.1) is 17.3 Å². The quantitative estimate of drug-likeness (QED) is 0.764. The van der Waals surface area contributed by atoms with Gasteiger partial charge in [-0.15, -0.1) is 0 Å². The summed E-state index contributed by atoms with van der Waals surface area (Å²) in [6, 6.07) is 5.39. The van der Waals surface area contributed by atoms with Crippen LogP contribution in [0.25, 0.3) is 0 Å². The number of phenolic OH excluding ortho intramolecular Hbond substituents is 1. The van der Waals surface area contributed by atoms with Crippen molar-refractivity contribution in [1.29, 1.82) is 0 Å². The van der Waals surface area contributed by atoms with E-state index in [-0.39, 0.29) is 29.3 Å². The molecule has 0 bridgehead atoms. The van der Waals surface area contributed by atoms with Crippen molar-refractivity contribution < 1.29 is 24.5 Å². The average molecular weight is 344 g/mol. The smallest absolute Gasteiger partial charge is 0.303 e. The SMILES string of the molecule is CC(=O)O[C@H]1C(=O)CC2C3C(CC[C@@]21C)c1ccc(O)cc1C[C@@H]3O. The molecule has 1 aromatic rings. The van der Waals surface area contributed by atoms with Crippen molar-refractivity contribution >= 4 is 11.8 Å². The molecule has 3 aliphatic rings. The van der Waals surface area contributed by atoms with Crippen LogP contribution < -0.4 is 0 Å². The zero-order chi connectivity index (χ0) is 17.9. The van der Waals surface area contributed by atoms with Gasteiger partial charge in [0.15, 0.2) is 11.9 Å². The summed E-state index contributed by atoms with van der Waals surface area (Å²) in [7, 11) is 0. The summed E-state index contributed by atoms with van der Waals surface area (Å²) in [5.41, 5.74) is 1.77. The molecule has 2 fully saturated rings. The molecule has 3 unspecified atom stereocenters. The van der Waals surface area contributed by atoms with Gasteiger partial charge in [-0.1, -0.05) is 13.0 Å². The lowest BCUT2D eigenvalue weighted by Crippen LogP contribution is -2.50. The summed E-state index contributed by atoms with van der Waals surface area (Å²) >= 11 is 0. The van der Waals surface area contributed by atoms with Crippen LogP contribution in [-0.2, 0) is 20.7 Å². The van der Waals surface area contributed by atoms with E-state index in [1.54, 1.807) is 12.1 Å². The largest absolute Gasteiger partial charge is 0.508 e. The lowest BCUT2D eigenvalue weighted by molar-refractivity contribution is -0.160. The van der Waals surface area contributed by atoms with Gasteiger partial charge in [-0.2, -0.15) is 0 Å². The molecule has 3 aliphatic carbocycles. The normalized spacial score (nSPS) is 39.3. The number of fused-ring (bicyclic) bond motifs is 5. The van der Waals surface area contributed by atoms with Gasteiger partial charge >= 0.3 is 5.97 Å². The van der Waals surface area contributed by atoms with Gasteiger partial charge in [-0.3, -0.25) is 9.59 Å². The molecule has 2 saturated carbocycles. The van der Waals surface area contributed by atoms with E-state index >= 15 is 0 Å². The highest BCUT2D eigenvalue weighted by atomic mass is 16.5. The zero-order valence-electron chi connectivity index (χ0n) is 14.6. The maximum absolute atomic E-state index is 12.6. The number of aromatic hydroxyl groups is 1. The second-order valence-electron chi connectivity index (χ2n) is 8.15. The van der Waals surface area contributed by atoms with Gasteiger partial charge < -0.3 is 14.9 Å². The molecule has 0 radical (unpaired) electrons. The minimum Gasteiger partial charge on any atom is -0.508 e. The number of hydrogen-bond acceptors (Lipinski definition) is 5. The number of hydrogen-bond donors (Lipinski definition) is 2. The predicted octanol–water partition coefficient (Wildman–Crippen LogP) is 2.33. The Morgan fingerprint density at radius 3 is 2.80 bits per heavy atom. The molecule has 0 amide bonds.